The number of alkyl halides is 3. The third kappa shape index (κ3) is 5.94. The molecule has 35 heavy (non-hydrogen) atoms. The second-order valence-electron chi connectivity index (χ2n) is 7.99. The Kier molecular flexibility index (Phi) is 8.06. The molecule has 0 unspecified atom stereocenters. The summed E-state index contributed by atoms with van der Waals surface area (Å²) in [5, 5.41) is 11.8. The number of hydrogen-bond acceptors (Lipinski definition) is 5. The number of nitrogens with one attached hydrogen (secondary N) is 1. The average Bonchev–Trinajstić information content (AvgIpc) is 3.48. The van der Waals surface area contributed by atoms with Crippen LogP contribution in [-0.4, -0.2) is 27.5 Å². The molecule has 0 radical (unpaired) electrons. The summed E-state index contributed by atoms with van der Waals surface area (Å²) in [6.45, 7) is 4.58. The summed E-state index contributed by atoms with van der Waals surface area (Å²) in [5.74, 6) is 1.39. The number of rotatable bonds is 7. The summed E-state index contributed by atoms with van der Waals surface area (Å²) in [6, 6.07) is 10.1. The lowest BCUT2D eigenvalue weighted by Crippen LogP contribution is -2.35. The molecule has 1 aliphatic heterocycles. The minimum absolute atomic E-state index is 0. The minimum Gasteiger partial charge on any atom is -0.489 e. The largest absolute Gasteiger partial charge is 0.489 e. The first-order valence-electron chi connectivity index (χ1n) is 10.7. The monoisotopic (exact) mass is 507 g/mol. The predicted molar refractivity (Wildman–Crippen MR) is 127 cm³/mol. The van der Waals surface area contributed by atoms with Crippen LogP contribution in [0, 0.1) is 5.41 Å². The summed E-state index contributed by atoms with van der Waals surface area (Å²) in [4.78, 5) is 6.25. The number of nitrogens with zero attached hydrogens (tertiary/aromatic N) is 3. The molecule has 186 valence electrons. The number of nitrogens with two attached hydrogens (primary N) is 1. The van der Waals surface area contributed by atoms with Crippen LogP contribution in [-0.2, 0) is 19.2 Å². The van der Waals surface area contributed by atoms with Gasteiger partial charge in [0.2, 0.25) is 11.7 Å². The fraction of sp³-hybridized carbons (Fsp3) is 0.292. The molecule has 7 nitrogen and oxygen atoms in total. The number of likely N-dealkylation sites (tertiary alicyclic amines) is 1. The highest BCUT2D eigenvalue weighted by Gasteiger charge is 2.32. The fourth-order valence-corrected chi connectivity index (χ4v) is 3.92. The molecule has 1 saturated heterocycles. The van der Waals surface area contributed by atoms with Crippen LogP contribution in [0.3, 0.4) is 0 Å². The van der Waals surface area contributed by atoms with Crippen molar-refractivity contribution in [2.45, 2.75) is 38.1 Å². The first-order chi connectivity index (χ1) is 16.3. The number of guanidine groups is 1. The van der Waals surface area contributed by atoms with Gasteiger partial charge in [-0.1, -0.05) is 23.4 Å². The van der Waals surface area contributed by atoms with E-state index >= 15 is 0 Å². The van der Waals surface area contributed by atoms with Gasteiger partial charge in [-0.2, -0.15) is 18.2 Å². The third-order valence-corrected chi connectivity index (χ3v) is 5.65. The molecule has 1 atom stereocenters. The van der Waals surface area contributed by atoms with Gasteiger partial charge in [0.25, 0.3) is 0 Å². The van der Waals surface area contributed by atoms with Crippen LogP contribution >= 0.6 is 12.4 Å². The molecule has 0 bridgehead atoms. The maximum absolute atomic E-state index is 12.8. The standard InChI is InChI=1S/C24H24F3N5O2.ClH/c1-2-4-16-13-17(21-30-22(34-31-21)19-5-3-12-32(19)23(28)29)8-11-20(16)33-14-15-6-9-18(10-7-15)24(25,26)27;/h2,6-11,13,19H,1,3-5,12,14H2,(H3,28,29);1H/t19-;/m0./s1. The summed E-state index contributed by atoms with van der Waals surface area (Å²) >= 11 is 0. The summed E-state index contributed by atoms with van der Waals surface area (Å²) in [6.07, 6.45) is -0.462. The molecule has 4 rings (SSSR count). The zero-order valence-electron chi connectivity index (χ0n) is 18.7. The van der Waals surface area contributed by atoms with Gasteiger partial charge in [0, 0.05) is 12.1 Å². The summed E-state index contributed by atoms with van der Waals surface area (Å²) in [7, 11) is 0. The van der Waals surface area contributed by atoms with Gasteiger partial charge in [0.05, 0.1) is 5.56 Å². The number of ether oxygens (including phenoxy) is 1. The van der Waals surface area contributed by atoms with E-state index in [-0.39, 0.29) is 31.0 Å². The summed E-state index contributed by atoms with van der Waals surface area (Å²) in [5.41, 5.74) is 7.13. The van der Waals surface area contributed by atoms with Crippen molar-refractivity contribution in [2.75, 3.05) is 6.54 Å². The lowest BCUT2D eigenvalue weighted by Gasteiger charge is -2.21. The second kappa shape index (κ2) is 10.8. The van der Waals surface area contributed by atoms with Crippen molar-refractivity contribution in [3.63, 3.8) is 0 Å². The Morgan fingerprint density at radius 1 is 1.26 bits per heavy atom. The fourth-order valence-electron chi connectivity index (χ4n) is 3.92. The molecular formula is C24H25ClF3N5O2. The Balaban J connectivity index is 0.00000342. The van der Waals surface area contributed by atoms with Gasteiger partial charge >= 0.3 is 6.18 Å². The molecule has 2 aromatic carbocycles. The summed E-state index contributed by atoms with van der Waals surface area (Å²) < 4.78 is 49.6. The average molecular weight is 508 g/mol. The maximum atomic E-state index is 12.8. The highest BCUT2D eigenvalue weighted by Crippen LogP contribution is 2.33. The quantitative estimate of drug-likeness (QED) is 0.248. The molecule has 3 aromatic rings. The van der Waals surface area contributed by atoms with Gasteiger partial charge in [-0.25, -0.2) is 0 Å². The zero-order chi connectivity index (χ0) is 24.3. The van der Waals surface area contributed by atoms with Crippen molar-refractivity contribution >= 4 is 18.4 Å². The van der Waals surface area contributed by atoms with Crippen molar-refractivity contribution in [3.8, 4) is 17.1 Å². The molecular weight excluding hydrogens is 483 g/mol. The molecule has 0 saturated carbocycles. The molecule has 0 aliphatic carbocycles. The van der Waals surface area contributed by atoms with Crippen LogP contribution in [0.2, 0.25) is 0 Å². The van der Waals surface area contributed by atoms with E-state index in [4.69, 9.17) is 20.4 Å². The normalized spacial score (nSPS) is 15.5. The number of hydrogen-bond donors (Lipinski definition) is 2. The lowest BCUT2D eigenvalue weighted by molar-refractivity contribution is -0.137. The van der Waals surface area contributed by atoms with E-state index in [2.05, 4.69) is 16.7 Å². The van der Waals surface area contributed by atoms with Gasteiger partial charge < -0.3 is 19.9 Å². The highest BCUT2D eigenvalue weighted by molar-refractivity contribution is 5.85. The molecule has 0 amide bonds. The number of aromatic nitrogens is 2. The van der Waals surface area contributed by atoms with Crippen molar-refractivity contribution in [2.24, 2.45) is 5.73 Å². The first-order valence-corrected chi connectivity index (χ1v) is 10.7. The Morgan fingerprint density at radius 3 is 2.66 bits per heavy atom. The van der Waals surface area contributed by atoms with Crippen LogP contribution in [0.15, 0.2) is 59.6 Å². The number of allylic oxidation sites excluding steroid dienone is 1. The molecule has 11 heteroatoms. The Hall–Kier alpha value is -3.53. The molecule has 1 fully saturated rings. The van der Waals surface area contributed by atoms with E-state index in [0.717, 1.165) is 36.1 Å². The van der Waals surface area contributed by atoms with Crippen LogP contribution in [0.4, 0.5) is 13.2 Å². The molecule has 0 spiro atoms. The molecule has 1 aliphatic rings. The van der Waals surface area contributed by atoms with Crippen LogP contribution in [0.25, 0.3) is 11.4 Å². The molecule has 3 N–H and O–H groups in total. The SMILES string of the molecule is C=CCc1cc(-c2noc([C@@H]3CCCN3C(=N)N)n2)ccc1OCc1ccc(C(F)(F)F)cc1.Cl. The predicted octanol–water partition coefficient (Wildman–Crippen LogP) is 5.52. The second-order valence-corrected chi connectivity index (χ2v) is 7.99. The lowest BCUT2D eigenvalue weighted by atomic mass is 10.1. The van der Waals surface area contributed by atoms with E-state index in [1.807, 2.05) is 6.07 Å². The smallest absolute Gasteiger partial charge is 0.416 e. The van der Waals surface area contributed by atoms with Gasteiger partial charge in [-0.05, 0) is 60.7 Å². The highest BCUT2D eigenvalue weighted by atomic mass is 35.5. The van der Waals surface area contributed by atoms with E-state index < -0.39 is 11.7 Å². The van der Waals surface area contributed by atoms with Crippen molar-refractivity contribution in [3.05, 3.63) is 77.7 Å². The van der Waals surface area contributed by atoms with Gasteiger partial charge in [0.1, 0.15) is 18.4 Å². The van der Waals surface area contributed by atoms with Crippen LogP contribution < -0.4 is 10.5 Å². The minimum atomic E-state index is -4.37. The van der Waals surface area contributed by atoms with Gasteiger partial charge in [0.15, 0.2) is 5.96 Å². The Morgan fingerprint density at radius 2 is 2.00 bits per heavy atom. The number of benzene rings is 2. The first kappa shape index (κ1) is 26.1. The van der Waals surface area contributed by atoms with Crippen LogP contribution in [0.5, 0.6) is 5.75 Å². The van der Waals surface area contributed by atoms with E-state index in [0.29, 0.717) is 36.0 Å². The Labute approximate surface area is 206 Å². The maximum Gasteiger partial charge on any atom is 0.416 e. The van der Waals surface area contributed by atoms with Crippen molar-refractivity contribution in [1.82, 2.24) is 15.0 Å². The van der Waals surface area contributed by atoms with Gasteiger partial charge in [-0.3, -0.25) is 5.41 Å². The topological polar surface area (TPSA) is 101 Å². The van der Waals surface area contributed by atoms with E-state index in [1.165, 1.54) is 12.1 Å². The third-order valence-electron chi connectivity index (χ3n) is 5.65. The van der Waals surface area contributed by atoms with Crippen molar-refractivity contribution < 1.29 is 22.4 Å². The van der Waals surface area contributed by atoms with E-state index in [9.17, 15) is 13.2 Å². The van der Waals surface area contributed by atoms with Crippen LogP contribution in [0.1, 0.15) is 41.5 Å². The van der Waals surface area contributed by atoms with E-state index in [1.54, 1.807) is 23.1 Å². The zero-order valence-corrected chi connectivity index (χ0v) is 19.5. The Bertz CT molecular complexity index is 1180. The van der Waals surface area contributed by atoms with Gasteiger partial charge in [-0.15, -0.1) is 19.0 Å². The van der Waals surface area contributed by atoms with Crippen molar-refractivity contribution in [1.29, 1.82) is 5.41 Å². The molecule has 1 aromatic heterocycles. The number of halogens is 4. The molecule has 2 heterocycles.